The van der Waals surface area contributed by atoms with Crippen molar-refractivity contribution in [2.45, 2.75) is 12.1 Å². The van der Waals surface area contributed by atoms with E-state index in [0.717, 1.165) is 20.5 Å². The molecule has 0 amide bonds. The highest BCUT2D eigenvalue weighted by molar-refractivity contribution is 9.10. The van der Waals surface area contributed by atoms with Crippen LogP contribution >= 0.6 is 15.9 Å². The molecular weight excluding hydrogens is 437 g/mol. The van der Waals surface area contributed by atoms with Crippen molar-refractivity contribution < 1.29 is 17.0 Å². The van der Waals surface area contributed by atoms with Crippen molar-refractivity contribution >= 4 is 48.0 Å². The number of aromatic nitrogens is 4. The first-order valence-corrected chi connectivity index (χ1v) is 10.2. The minimum Gasteiger partial charge on any atom is -0.234 e. The van der Waals surface area contributed by atoms with E-state index >= 15 is 0 Å². The Labute approximate surface area is 154 Å². The Bertz CT molecular complexity index is 1110. The van der Waals surface area contributed by atoms with Gasteiger partial charge in [0.05, 0.1) is 5.52 Å². The summed E-state index contributed by atoms with van der Waals surface area (Å²) in [5, 5.41) is 3.82. The monoisotopic (exact) mass is 449 g/mol. The summed E-state index contributed by atoms with van der Waals surface area (Å²) < 4.78 is 55.3. The van der Waals surface area contributed by atoms with Crippen molar-refractivity contribution in [2.75, 3.05) is 14.1 Å². The summed E-state index contributed by atoms with van der Waals surface area (Å²) in [5.41, 5.74) is 0.514. The highest BCUT2D eigenvalue weighted by atomic mass is 79.9. The van der Waals surface area contributed by atoms with E-state index in [0.29, 0.717) is 15.6 Å². The molecular formula is C13H13BrFN5O3S2. The third-order valence-electron chi connectivity index (χ3n) is 3.43. The van der Waals surface area contributed by atoms with Crippen molar-refractivity contribution in [3.8, 4) is 0 Å². The molecule has 3 rings (SSSR count). The lowest BCUT2D eigenvalue weighted by Gasteiger charge is -2.08. The molecule has 1 aromatic carbocycles. The van der Waals surface area contributed by atoms with Gasteiger partial charge in [-0.25, -0.2) is 21.9 Å². The van der Waals surface area contributed by atoms with Crippen LogP contribution < -0.4 is 0 Å². The first kappa shape index (κ1) is 18.2. The normalized spacial score (nSPS) is 13.7. The van der Waals surface area contributed by atoms with E-state index in [1.54, 1.807) is 21.0 Å². The summed E-state index contributed by atoms with van der Waals surface area (Å²) in [4.78, 5) is 3.76. The zero-order chi connectivity index (χ0) is 18.5. The third-order valence-corrected chi connectivity index (χ3v) is 7.15. The van der Waals surface area contributed by atoms with E-state index in [4.69, 9.17) is 0 Å². The molecule has 0 saturated heterocycles. The minimum atomic E-state index is -4.21. The lowest BCUT2D eigenvalue weighted by atomic mass is 10.2. The van der Waals surface area contributed by atoms with Crippen LogP contribution in [0.5, 0.6) is 0 Å². The summed E-state index contributed by atoms with van der Waals surface area (Å²) in [6, 6.07) is 3.86. The first-order valence-electron chi connectivity index (χ1n) is 6.87. The molecule has 0 aliphatic carbocycles. The SMILES string of the molecule is Cc1c(Br)c2ccc(F)cc2n1S(=O)(=O)c1ncn(S(=O)N(C)C)n1. The van der Waals surface area contributed by atoms with Gasteiger partial charge in [-0.1, -0.05) is 0 Å². The third kappa shape index (κ3) is 2.92. The standard InChI is InChI=1S/C13H13BrFN5O3S2/c1-8-12(14)10-5-4-9(15)6-11(10)20(8)25(22,23)13-16-7-19(17-13)24(21)18(2)3/h4-7H,1-3H3. The van der Waals surface area contributed by atoms with Gasteiger partial charge in [0, 0.05) is 29.6 Å². The molecule has 0 aliphatic heterocycles. The summed E-state index contributed by atoms with van der Waals surface area (Å²) in [6.45, 7) is 1.58. The maximum Gasteiger partial charge on any atom is 0.305 e. The Kier molecular flexibility index (Phi) is 4.56. The van der Waals surface area contributed by atoms with Crippen LogP contribution in [-0.2, 0) is 21.2 Å². The molecule has 134 valence electrons. The van der Waals surface area contributed by atoms with Gasteiger partial charge in [0.15, 0.2) is 0 Å². The van der Waals surface area contributed by atoms with Gasteiger partial charge in [-0.2, -0.15) is 12.5 Å². The van der Waals surface area contributed by atoms with E-state index in [2.05, 4.69) is 26.0 Å². The second-order valence-corrected chi connectivity index (χ2v) is 9.34. The smallest absolute Gasteiger partial charge is 0.234 e. The van der Waals surface area contributed by atoms with Gasteiger partial charge in [0.25, 0.3) is 5.16 Å². The van der Waals surface area contributed by atoms with E-state index < -0.39 is 32.2 Å². The molecule has 2 heterocycles. The predicted molar refractivity (Wildman–Crippen MR) is 94.2 cm³/mol. The van der Waals surface area contributed by atoms with Gasteiger partial charge >= 0.3 is 10.0 Å². The maximum atomic E-state index is 13.6. The zero-order valence-electron chi connectivity index (χ0n) is 13.3. The Balaban J connectivity index is 2.22. The highest BCUT2D eigenvalue weighted by Crippen LogP contribution is 2.33. The first-order chi connectivity index (χ1) is 11.6. The number of hydrogen-bond acceptors (Lipinski definition) is 5. The van der Waals surface area contributed by atoms with Gasteiger partial charge in [-0.05, 0) is 41.1 Å². The molecule has 12 heteroatoms. The topological polar surface area (TPSA) is 90.1 Å². The largest absolute Gasteiger partial charge is 0.305 e. The van der Waals surface area contributed by atoms with Crippen molar-refractivity contribution in [3.05, 3.63) is 40.5 Å². The van der Waals surface area contributed by atoms with Crippen LogP contribution in [0.15, 0.2) is 34.2 Å². The van der Waals surface area contributed by atoms with Crippen LogP contribution in [0.25, 0.3) is 10.9 Å². The quantitative estimate of drug-likeness (QED) is 0.604. The number of hydrogen-bond donors (Lipinski definition) is 0. The Morgan fingerprint density at radius 3 is 2.64 bits per heavy atom. The van der Waals surface area contributed by atoms with Crippen LogP contribution in [0.2, 0.25) is 0 Å². The van der Waals surface area contributed by atoms with Crippen LogP contribution in [0.1, 0.15) is 5.69 Å². The molecule has 0 aliphatic rings. The number of benzene rings is 1. The van der Waals surface area contributed by atoms with Crippen molar-refractivity contribution in [2.24, 2.45) is 0 Å². The van der Waals surface area contributed by atoms with Gasteiger partial charge in [-0.3, -0.25) is 0 Å². The maximum absolute atomic E-state index is 13.6. The Hall–Kier alpha value is -1.63. The van der Waals surface area contributed by atoms with Crippen LogP contribution in [0, 0.1) is 12.7 Å². The zero-order valence-corrected chi connectivity index (χ0v) is 16.6. The van der Waals surface area contributed by atoms with Crippen LogP contribution in [-0.4, -0.2) is 49.2 Å². The second-order valence-electron chi connectivity index (χ2n) is 5.30. The highest BCUT2D eigenvalue weighted by Gasteiger charge is 2.28. The molecule has 0 spiro atoms. The number of halogens is 2. The molecule has 1 atom stereocenters. The summed E-state index contributed by atoms with van der Waals surface area (Å²) in [6.07, 6.45) is 1.07. The summed E-state index contributed by atoms with van der Waals surface area (Å²) in [7, 11) is -1.10. The average molecular weight is 450 g/mol. The summed E-state index contributed by atoms with van der Waals surface area (Å²) in [5.74, 6) is -0.568. The molecule has 25 heavy (non-hydrogen) atoms. The van der Waals surface area contributed by atoms with E-state index in [1.165, 1.54) is 16.4 Å². The number of nitrogens with zero attached hydrogens (tertiary/aromatic N) is 5. The second kappa shape index (κ2) is 6.27. The molecule has 0 bridgehead atoms. The Morgan fingerprint density at radius 1 is 1.32 bits per heavy atom. The van der Waals surface area contributed by atoms with E-state index in [9.17, 15) is 17.0 Å². The van der Waals surface area contributed by atoms with Crippen molar-refractivity contribution in [3.63, 3.8) is 0 Å². The minimum absolute atomic E-state index is 0.162. The molecule has 0 N–H and O–H groups in total. The summed E-state index contributed by atoms with van der Waals surface area (Å²) >= 11 is 1.63. The molecule has 0 radical (unpaired) electrons. The van der Waals surface area contributed by atoms with Crippen LogP contribution in [0.3, 0.4) is 0 Å². The van der Waals surface area contributed by atoms with Gasteiger partial charge < -0.3 is 0 Å². The fraction of sp³-hybridized carbons (Fsp3) is 0.231. The fourth-order valence-electron chi connectivity index (χ4n) is 2.31. The lowest BCUT2D eigenvalue weighted by Crippen LogP contribution is -2.23. The van der Waals surface area contributed by atoms with Crippen molar-refractivity contribution in [1.82, 2.24) is 22.4 Å². The van der Waals surface area contributed by atoms with E-state index in [1.807, 2.05) is 0 Å². The molecule has 2 aromatic heterocycles. The number of fused-ring (bicyclic) bond motifs is 1. The molecule has 3 aromatic rings. The van der Waals surface area contributed by atoms with Crippen molar-refractivity contribution in [1.29, 1.82) is 0 Å². The number of rotatable bonds is 4. The lowest BCUT2D eigenvalue weighted by molar-refractivity contribution is 0.573. The van der Waals surface area contributed by atoms with Crippen LogP contribution in [0.4, 0.5) is 4.39 Å². The molecule has 0 saturated carbocycles. The molecule has 8 nitrogen and oxygen atoms in total. The fourth-order valence-corrected chi connectivity index (χ4v) is 5.00. The average Bonchev–Trinajstić information content (AvgIpc) is 3.12. The van der Waals surface area contributed by atoms with Gasteiger partial charge in [0.2, 0.25) is 11.2 Å². The molecule has 0 fully saturated rings. The predicted octanol–water partition coefficient (Wildman–Crippen LogP) is 1.67. The van der Waals surface area contributed by atoms with Gasteiger partial charge in [0.1, 0.15) is 12.1 Å². The Morgan fingerprint density at radius 2 is 2.00 bits per heavy atom. The molecule has 1 unspecified atom stereocenters. The van der Waals surface area contributed by atoms with E-state index in [-0.39, 0.29) is 5.52 Å². The van der Waals surface area contributed by atoms with Gasteiger partial charge in [-0.15, -0.1) is 5.10 Å².